The van der Waals surface area contributed by atoms with Crippen molar-refractivity contribution >= 4 is 59.3 Å². The largest absolute Gasteiger partial charge is 0.310 e. The molecule has 0 amide bonds. The van der Waals surface area contributed by atoms with E-state index in [1.807, 2.05) is 11.3 Å². The summed E-state index contributed by atoms with van der Waals surface area (Å²) in [6.45, 7) is 0. The van der Waals surface area contributed by atoms with E-state index in [9.17, 15) is 0 Å². The van der Waals surface area contributed by atoms with E-state index in [1.165, 1.54) is 97.7 Å². The Balaban J connectivity index is 1.02. The summed E-state index contributed by atoms with van der Waals surface area (Å²) in [6.07, 6.45) is 0. The predicted octanol–water partition coefficient (Wildman–Crippen LogP) is 16.4. The van der Waals surface area contributed by atoms with E-state index in [4.69, 9.17) is 0 Å². The zero-order valence-corrected chi connectivity index (χ0v) is 34.0. The molecule has 61 heavy (non-hydrogen) atoms. The number of para-hydroxylation sites is 1. The summed E-state index contributed by atoms with van der Waals surface area (Å²) in [6, 6.07) is 83.3. The number of thiophene rings is 1. The van der Waals surface area contributed by atoms with Gasteiger partial charge in [-0.2, -0.15) is 0 Å². The van der Waals surface area contributed by atoms with Crippen LogP contribution >= 0.6 is 11.3 Å². The summed E-state index contributed by atoms with van der Waals surface area (Å²) < 4.78 is 2.62. The van der Waals surface area contributed by atoms with Gasteiger partial charge in [0.05, 0.1) is 5.41 Å². The summed E-state index contributed by atoms with van der Waals surface area (Å²) >= 11 is 1.90. The lowest BCUT2D eigenvalue weighted by atomic mass is 9.70. The first-order valence-electron chi connectivity index (χ1n) is 21.1. The molecular weight excluding hydrogens is 755 g/mol. The number of nitrogens with zero attached hydrogens (tertiary/aromatic N) is 1. The fraction of sp³-hybridized carbons (Fsp3) is 0.0169. The van der Waals surface area contributed by atoms with Gasteiger partial charge in [0.2, 0.25) is 0 Å². The summed E-state index contributed by atoms with van der Waals surface area (Å²) in [5, 5.41) is 5.14. The lowest BCUT2D eigenvalue weighted by Crippen LogP contribution is -2.25. The molecule has 0 aliphatic heterocycles. The van der Waals surface area contributed by atoms with Gasteiger partial charge < -0.3 is 4.90 Å². The molecule has 13 rings (SSSR count). The Morgan fingerprint density at radius 2 is 0.803 bits per heavy atom. The third kappa shape index (κ3) is 4.94. The molecule has 0 radical (unpaired) electrons. The van der Waals surface area contributed by atoms with Crippen LogP contribution in [-0.2, 0) is 5.41 Å². The van der Waals surface area contributed by atoms with Crippen molar-refractivity contribution in [2.45, 2.75) is 5.41 Å². The zero-order valence-electron chi connectivity index (χ0n) is 33.2. The van der Waals surface area contributed by atoms with Gasteiger partial charge in [0, 0.05) is 42.6 Å². The van der Waals surface area contributed by atoms with E-state index in [0.717, 1.165) is 17.1 Å². The Morgan fingerprint density at radius 3 is 1.48 bits per heavy atom. The Hall–Kier alpha value is -7.52. The third-order valence-corrected chi connectivity index (χ3v) is 14.5. The van der Waals surface area contributed by atoms with E-state index in [2.05, 4.69) is 229 Å². The van der Waals surface area contributed by atoms with Crippen LogP contribution in [0.2, 0.25) is 0 Å². The minimum atomic E-state index is -0.390. The molecule has 0 saturated carbocycles. The van der Waals surface area contributed by atoms with Crippen LogP contribution in [-0.4, -0.2) is 0 Å². The van der Waals surface area contributed by atoms with Gasteiger partial charge in [-0.3, -0.25) is 0 Å². The van der Waals surface area contributed by atoms with Crippen molar-refractivity contribution in [3.05, 3.63) is 247 Å². The monoisotopic (exact) mass is 791 g/mol. The van der Waals surface area contributed by atoms with Gasteiger partial charge in [0.25, 0.3) is 0 Å². The molecule has 2 heteroatoms. The summed E-state index contributed by atoms with van der Waals surface area (Å²) in [4.78, 5) is 2.38. The molecule has 0 unspecified atom stereocenters. The van der Waals surface area contributed by atoms with Gasteiger partial charge in [-0.05, 0) is 127 Å². The van der Waals surface area contributed by atoms with E-state index in [0.29, 0.717) is 0 Å². The second kappa shape index (κ2) is 13.2. The Bertz CT molecular complexity index is 3460. The van der Waals surface area contributed by atoms with Gasteiger partial charge in [0.1, 0.15) is 0 Å². The normalized spacial score (nSPS) is 13.0. The lowest BCUT2D eigenvalue weighted by molar-refractivity contribution is 0.794. The van der Waals surface area contributed by atoms with Crippen molar-refractivity contribution < 1.29 is 0 Å². The minimum Gasteiger partial charge on any atom is -0.310 e. The van der Waals surface area contributed by atoms with Gasteiger partial charge in [0.15, 0.2) is 0 Å². The van der Waals surface area contributed by atoms with E-state index >= 15 is 0 Å². The molecule has 0 bridgehead atoms. The van der Waals surface area contributed by atoms with Crippen molar-refractivity contribution in [1.29, 1.82) is 0 Å². The van der Waals surface area contributed by atoms with E-state index in [-0.39, 0.29) is 5.41 Å². The van der Waals surface area contributed by atoms with Crippen molar-refractivity contribution in [1.82, 2.24) is 0 Å². The van der Waals surface area contributed by atoms with Crippen LogP contribution in [0.5, 0.6) is 0 Å². The summed E-state index contributed by atoms with van der Waals surface area (Å²) in [5.74, 6) is 0. The highest BCUT2D eigenvalue weighted by Crippen LogP contribution is 2.63. The molecule has 11 aromatic rings. The Kier molecular flexibility index (Phi) is 7.46. The SMILES string of the molecule is c1ccc(-c2ccc(N(c3ccccc3)c3ccc4sc5c6ccccc6c(-c6ccc7c(c6)C6(c8ccccc8-c8ccccc86)c6ccccc6-7)cc5c4c3)cc2)cc1. The van der Waals surface area contributed by atoms with Crippen LogP contribution in [0.4, 0.5) is 17.1 Å². The molecule has 0 fully saturated rings. The predicted molar refractivity (Wildman–Crippen MR) is 259 cm³/mol. The molecule has 2 aliphatic carbocycles. The topological polar surface area (TPSA) is 3.24 Å². The first-order valence-corrected chi connectivity index (χ1v) is 21.9. The molecule has 0 saturated heterocycles. The molecule has 1 spiro atoms. The highest BCUT2D eigenvalue weighted by atomic mass is 32.1. The Labute approximate surface area is 359 Å². The Morgan fingerprint density at radius 1 is 0.295 bits per heavy atom. The van der Waals surface area contributed by atoms with Crippen LogP contribution in [0, 0.1) is 0 Å². The van der Waals surface area contributed by atoms with Crippen LogP contribution in [0.25, 0.3) is 75.5 Å². The van der Waals surface area contributed by atoms with Crippen molar-refractivity contribution in [3.63, 3.8) is 0 Å². The van der Waals surface area contributed by atoms with Crippen molar-refractivity contribution in [2.75, 3.05) is 4.90 Å². The quantitative estimate of drug-likeness (QED) is 0.168. The highest BCUT2D eigenvalue weighted by molar-refractivity contribution is 7.26. The number of fused-ring (bicyclic) bond motifs is 15. The smallest absolute Gasteiger partial charge is 0.0725 e. The zero-order chi connectivity index (χ0) is 40.1. The molecule has 1 aromatic heterocycles. The minimum absolute atomic E-state index is 0.390. The summed E-state index contributed by atoms with van der Waals surface area (Å²) in [5.41, 5.74) is 18.7. The van der Waals surface area contributed by atoms with Crippen LogP contribution in [0.15, 0.2) is 224 Å². The number of anilines is 3. The van der Waals surface area contributed by atoms with E-state index in [1.54, 1.807) is 0 Å². The van der Waals surface area contributed by atoms with Gasteiger partial charge in [-0.15, -0.1) is 11.3 Å². The number of hydrogen-bond donors (Lipinski definition) is 0. The molecule has 0 N–H and O–H groups in total. The number of benzene rings is 10. The summed E-state index contributed by atoms with van der Waals surface area (Å²) in [7, 11) is 0. The lowest BCUT2D eigenvalue weighted by Gasteiger charge is -2.30. The van der Waals surface area contributed by atoms with Gasteiger partial charge in [-0.25, -0.2) is 0 Å². The van der Waals surface area contributed by atoms with Crippen LogP contribution < -0.4 is 4.90 Å². The van der Waals surface area contributed by atoms with Gasteiger partial charge >= 0.3 is 0 Å². The first kappa shape index (κ1) is 34.4. The number of rotatable bonds is 5. The average Bonchev–Trinajstić information content (AvgIpc) is 3.96. The van der Waals surface area contributed by atoms with Crippen LogP contribution in [0.3, 0.4) is 0 Å². The molecule has 1 nitrogen and oxygen atoms in total. The fourth-order valence-corrected chi connectivity index (χ4v) is 11.9. The second-order valence-corrected chi connectivity index (χ2v) is 17.4. The fourth-order valence-electron chi connectivity index (χ4n) is 10.7. The molecule has 0 atom stereocenters. The molecule has 2 aliphatic rings. The standard InChI is InChI=1S/C59H37NS/c1-3-15-38(16-4-1)39-27-30-42(31-28-39)60(41-17-5-2-6-18-41)43-32-34-57-51(36-43)52-37-50(44-19-7-8-23-49(44)58(52)61-57)40-29-33-48-47-22-11-14-26-55(47)59(56(48)35-40)53-24-12-9-20-45(53)46-21-10-13-25-54(46)59/h1-37H. The maximum absolute atomic E-state index is 2.53. The highest BCUT2D eigenvalue weighted by Gasteiger charge is 2.51. The van der Waals surface area contributed by atoms with Crippen LogP contribution in [0.1, 0.15) is 22.3 Å². The maximum Gasteiger partial charge on any atom is 0.0725 e. The number of hydrogen-bond acceptors (Lipinski definition) is 2. The second-order valence-electron chi connectivity index (χ2n) is 16.4. The molecule has 284 valence electrons. The third-order valence-electron chi connectivity index (χ3n) is 13.3. The maximum atomic E-state index is 2.53. The van der Waals surface area contributed by atoms with E-state index < -0.39 is 0 Å². The van der Waals surface area contributed by atoms with Gasteiger partial charge in [-0.1, -0.05) is 170 Å². The molecular formula is C59H37NS. The first-order chi connectivity index (χ1) is 30.3. The molecule has 1 heterocycles. The van der Waals surface area contributed by atoms with Crippen molar-refractivity contribution in [2.24, 2.45) is 0 Å². The average molecular weight is 792 g/mol. The van der Waals surface area contributed by atoms with Crippen molar-refractivity contribution in [3.8, 4) is 44.5 Å². The molecule has 10 aromatic carbocycles.